The minimum absolute atomic E-state index is 0.240. The monoisotopic (exact) mass is 303 g/mol. The molecule has 0 aromatic heterocycles. The maximum absolute atomic E-state index is 13.6. The predicted molar refractivity (Wildman–Crippen MR) is 67.7 cm³/mol. The van der Waals surface area contributed by atoms with Crippen molar-refractivity contribution in [1.29, 1.82) is 0 Å². The highest BCUT2D eigenvalue weighted by Gasteiger charge is 2.40. The van der Waals surface area contributed by atoms with Crippen LogP contribution in [0.15, 0.2) is 12.1 Å². The summed E-state index contributed by atoms with van der Waals surface area (Å²) in [5.74, 6) is -3.73. The van der Waals surface area contributed by atoms with Crippen LogP contribution in [-0.4, -0.2) is 22.5 Å². The smallest absolute Gasteiger partial charge is 0.305 e. The summed E-state index contributed by atoms with van der Waals surface area (Å²) in [7, 11) is 0. The number of carbonyl (C=O) groups excluding carboxylic acids is 1. The van der Waals surface area contributed by atoms with E-state index in [2.05, 4.69) is 5.32 Å². The zero-order chi connectivity index (χ0) is 14.9. The molecule has 1 aliphatic rings. The highest BCUT2D eigenvalue weighted by molar-refractivity contribution is 6.30. The second-order valence-corrected chi connectivity index (χ2v) is 5.31. The number of hydrogen-bond acceptors (Lipinski definition) is 2. The van der Waals surface area contributed by atoms with Gasteiger partial charge in [0.05, 0.1) is 22.5 Å². The summed E-state index contributed by atoms with van der Waals surface area (Å²) in [4.78, 5) is 22.8. The molecule has 0 radical (unpaired) electrons. The number of nitrogens with one attached hydrogen (secondary N) is 1. The van der Waals surface area contributed by atoms with Gasteiger partial charge < -0.3 is 10.4 Å². The van der Waals surface area contributed by atoms with Gasteiger partial charge in [-0.15, -0.1) is 0 Å². The van der Waals surface area contributed by atoms with Crippen molar-refractivity contribution in [1.82, 2.24) is 5.32 Å². The van der Waals surface area contributed by atoms with Crippen LogP contribution in [0.2, 0.25) is 5.02 Å². The van der Waals surface area contributed by atoms with Crippen molar-refractivity contribution in [3.8, 4) is 0 Å². The van der Waals surface area contributed by atoms with Gasteiger partial charge in [-0.05, 0) is 31.4 Å². The van der Waals surface area contributed by atoms with Crippen LogP contribution in [0.25, 0.3) is 0 Å². The average molecular weight is 304 g/mol. The lowest BCUT2D eigenvalue weighted by molar-refractivity contribution is -0.139. The van der Waals surface area contributed by atoms with Crippen LogP contribution in [0, 0.1) is 11.6 Å². The predicted octanol–water partition coefficient (Wildman–Crippen LogP) is 2.75. The van der Waals surface area contributed by atoms with Gasteiger partial charge in [-0.1, -0.05) is 11.6 Å². The number of carbonyl (C=O) groups is 2. The molecule has 0 aliphatic heterocycles. The minimum Gasteiger partial charge on any atom is -0.481 e. The Hall–Kier alpha value is -1.69. The molecule has 0 spiro atoms. The molecule has 1 amide bonds. The molecule has 1 aromatic carbocycles. The normalized spacial score (nSPS) is 16.4. The zero-order valence-electron chi connectivity index (χ0n) is 10.4. The van der Waals surface area contributed by atoms with E-state index in [1.54, 1.807) is 0 Å². The second-order valence-electron chi connectivity index (χ2n) is 4.90. The van der Waals surface area contributed by atoms with Crippen LogP contribution in [-0.2, 0) is 4.79 Å². The quantitative estimate of drug-likeness (QED) is 0.841. The molecule has 0 heterocycles. The van der Waals surface area contributed by atoms with Crippen LogP contribution in [0.5, 0.6) is 0 Å². The minimum atomic E-state index is -1.05. The van der Waals surface area contributed by atoms with E-state index in [9.17, 15) is 18.4 Å². The SMILES string of the molecule is O=C(O)CC1(NC(=O)c2cc(F)c(Cl)cc2F)CCC1. The fourth-order valence-corrected chi connectivity index (χ4v) is 2.39. The molecule has 20 heavy (non-hydrogen) atoms. The van der Waals surface area contributed by atoms with Crippen molar-refractivity contribution in [3.63, 3.8) is 0 Å². The fraction of sp³-hybridized carbons (Fsp3) is 0.385. The van der Waals surface area contributed by atoms with Gasteiger partial charge in [0.2, 0.25) is 0 Å². The van der Waals surface area contributed by atoms with Gasteiger partial charge in [0, 0.05) is 0 Å². The molecular formula is C13H12ClF2NO3. The Labute approximate surface area is 118 Å². The molecule has 0 unspecified atom stereocenters. The Balaban J connectivity index is 2.20. The Morgan fingerprint density at radius 2 is 1.95 bits per heavy atom. The van der Waals surface area contributed by atoms with Gasteiger partial charge in [-0.3, -0.25) is 9.59 Å². The van der Waals surface area contributed by atoms with Gasteiger partial charge in [-0.2, -0.15) is 0 Å². The first-order valence-corrected chi connectivity index (χ1v) is 6.40. The van der Waals surface area contributed by atoms with E-state index in [4.69, 9.17) is 16.7 Å². The Kier molecular flexibility index (Phi) is 3.94. The lowest BCUT2D eigenvalue weighted by atomic mass is 9.74. The van der Waals surface area contributed by atoms with E-state index < -0.39 is 39.6 Å². The molecule has 1 aliphatic carbocycles. The van der Waals surface area contributed by atoms with E-state index in [1.165, 1.54) is 0 Å². The number of carboxylic acid groups (broad SMARTS) is 1. The van der Waals surface area contributed by atoms with E-state index in [-0.39, 0.29) is 6.42 Å². The number of amides is 1. The third-order valence-electron chi connectivity index (χ3n) is 3.43. The molecule has 0 bridgehead atoms. The van der Waals surface area contributed by atoms with Crippen molar-refractivity contribution in [2.45, 2.75) is 31.2 Å². The van der Waals surface area contributed by atoms with Gasteiger partial charge in [-0.25, -0.2) is 8.78 Å². The highest BCUT2D eigenvalue weighted by atomic mass is 35.5. The number of rotatable bonds is 4. The van der Waals surface area contributed by atoms with Crippen LogP contribution in [0.3, 0.4) is 0 Å². The molecule has 108 valence electrons. The largest absolute Gasteiger partial charge is 0.481 e. The third-order valence-corrected chi connectivity index (χ3v) is 3.72. The van der Waals surface area contributed by atoms with Crippen LogP contribution >= 0.6 is 11.6 Å². The lowest BCUT2D eigenvalue weighted by Gasteiger charge is -2.41. The zero-order valence-corrected chi connectivity index (χ0v) is 11.1. The van der Waals surface area contributed by atoms with Crippen molar-refractivity contribution in [2.75, 3.05) is 0 Å². The van der Waals surface area contributed by atoms with E-state index in [0.717, 1.165) is 12.5 Å². The third kappa shape index (κ3) is 2.90. The van der Waals surface area contributed by atoms with Gasteiger partial charge in [0.1, 0.15) is 11.6 Å². The molecule has 0 saturated heterocycles. The highest BCUT2D eigenvalue weighted by Crippen LogP contribution is 2.35. The maximum atomic E-state index is 13.6. The van der Waals surface area contributed by atoms with Gasteiger partial charge >= 0.3 is 5.97 Å². The van der Waals surface area contributed by atoms with Crippen LogP contribution in [0.1, 0.15) is 36.0 Å². The molecule has 7 heteroatoms. The second kappa shape index (κ2) is 5.36. The number of halogens is 3. The van der Waals surface area contributed by atoms with Crippen molar-refractivity contribution >= 4 is 23.5 Å². The average Bonchev–Trinajstić information content (AvgIpc) is 2.30. The lowest BCUT2D eigenvalue weighted by Crippen LogP contribution is -2.54. The standard InChI is InChI=1S/C13H12ClF2NO3/c14-8-5-9(15)7(4-10(8)16)12(20)17-13(2-1-3-13)6-11(18)19/h4-5H,1-3,6H2,(H,17,20)(H,18,19). The van der Waals surface area contributed by atoms with Crippen LogP contribution < -0.4 is 5.32 Å². The molecule has 4 nitrogen and oxygen atoms in total. The first-order valence-electron chi connectivity index (χ1n) is 6.02. The summed E-state index contributed by atoms with van der Waals surface area (Å²) in [6.45, 7) is 0. The molecule has 2 rings (SSSR count). The van der Waals surface area contributed by atoms with Crippen LogP contribution in [0.4, 0.5) is 8.78 Å². The summed E-state index contributed by atoms with van der Waals surface area (Å²) in [5.41, 5.74) is -1.35. The van der Waals surface area contributed by atoms with E-state index in [0.29, 0.717) is 18.9 Å². The molecule has 1 fully saturated rings. The first-order chi connectivity index (χ1) is 9.33. The number of aliphatic carboxylic acids is 1. The summed E-state index contributed by atoms with van der Waals surface area (Å²) in [6, 6.07) is 1.43. The van der Waals surface area contributed by atoms with E-state index in [1.807, 2.05) is 0 Å². The first kappa shape index (κ1) is 14.7. The van der Waals surface area contributed by atoms with Crippen molar-refractivity contribution < 1.29 is 23.5 Å². The van der Waals surface area contributed by atoms with Crippen molar-refractivity contribution in [2.24, 2.45) is 0 Å². The maximum Gasteiger partial charge on any atom is 0.305 e. The van der Waals surface area contributed by atoms with E-state index >= 15 is 0 Å². The van der Waals surface area contributed by atoms with Gasteiger partial charge in [0.25, 0.3) is 5.91 Å². The Morgan fingerprint density at radius 3 is 2.45 bits per heavy atom. The molecule has 1 saturated carbocycles. The molecule has 1 aromatic rings. The van der Waals surface area contributed by atoms with Gasteiger partial charge in [0.15, 0.2) is 0 Å². The summed E-state index contributed by atoms with van der Waals surface area (Å²) < 4.78 is 26.9. The Bertz CT molecular complexity index is 573. The molecule has 0 atom stereocenters. The number of hydrogen-bond donors (Lipinski definition) is 2. The topological polar surface area (TPSA) is 66.4 Å². The summed E-state index contributed by atoms with van der Waals surface area (Å²) in [6.07, 6.45) is 1.55. The van der Waals surface area contributed by atoms with Crippen molar-refractivity contribution in [3.05, 3.63) is 34.4 Å². The number of benzene rings is 1. The molecule has 2 N–H and O–H groups in total. The molecular weight excluding hydrogens is 292 g/mol. The Morgan fingerprint density at radius 1 is 1.30 bits per heavy atom. The summed E-state index contributed by atoms with van der Waals surface area (Å²) in [5, 5.41) is 10.9. The summed E-state index contributed by atoms with van der Waals surface area (Å²) >= 11 is 5.41. The fourth-order valence-electron chi connectivity index (χ4n) is 2.24. The number of carboxylic acids is 1.